The predicted octanol–water partition coefficient (Wildman–Crippen LogP) is 4.36. The first kappa shape index (κ1) is 15.4. The molecule has 1 aromatic heterocycles. The predicted molar refractivity (Wildman–Crippen MR) is 96.8 cm³/mol. The van der Waals surface area contributed by atoms with Crippen molar-refractivity contribution in [3.63, 3.8) is 0 Å². The molecule has 0 spiro atoms. The number of halogens is 1. The Kier molecular flexibility index (Phi) is 4.12. The molecule has 1 aliphatic rings. The van der Waals surface area contributed by atoms with Gasteiger partial charge in [-0.15, -0.1) is 0 Å². The summed E-state index contributed by atoms with van der Waals surface area (Å²) >= 11 is 4.91. The first-order valence-electron chi connectivity index (χ1n) is 7.42. The van der Waals surface area contributed by atoms with Gasteiger partial charge in [-0.1, -0.05) is 33.3 Å². The average molecular weight is 405 g/mol. The Morgan fingerprint density at radius 1 is 1.21 bits per heavy atom. The van der Waals surface area contributed by atoms with E-state index in [-0.39, 0.29) is 12.7 Å². The number of hydrogen-bond donors (Lipinski definition) is 1. The normalized spacial score (nSPS) is 12.5. The Morgan fingerprint density at radius 3 is 3.00 bits per heavy atom. The van der Waals surface area contributed by atoms with Gasteiger partial charge in [0, 0.05) is 10.9 Å². The van der Waals surface area contributed by atoms with Gasteiger partial charge in [0.2, 0.25) is 12.7 Å². The standard InChI is InChI=1S/C17H13BrN2O3S/c18-11-3-4-12-15(8-11)24-17(19-12)20-16(21)6-2-10-1-5-13-14(7-10)23-9-22-13/h1,3-5,7-8H,2,6,9H2,(H,19,20,21). The first-order chi connectivity index (χ1) is 11.7. The molecule has 3 aromatic rings. The molecular weight excluding hydrogens is 392 g/mol. The summed E-state index contributed by atoms with van der Waals surface area (Å²) in [6, 6.07) is 11.6. The van der Waals surface area contributed by atoms with Gasteiger partial charge in [0.05, 0.1) is 10.2 Å². The van der Waals surface area contributed by atoms with E-state index in [9.17, 15) is 4.79 Å². The van der Waals surface area contributed by atoms with Gasteiger partial charge in [-0.25, -0.2) is 4.98 Å². The number of amides is 1. The first-order valence-corrected chi connectivity index (χ1v) is 9.03. The molecule has 1 N–H and O–H groups in total. The zero-order chi connectivity index (χ0) is 16.5. The maximum atomic E-state index is 12.2. The number of fused-ring (bicyclic) bond motifs is 2. The second-order valence-electron chi connectivity index (χ2n) is 5.37. The van der Waals surface area contributed by atoms with Gasteiger partial charge < -0.3 is 14.8 Å². The van der Waals surface area contributed by atoms with Crippen LogP contribution in [0.4, 0.5) is 5.13 Å². The highest BCUT2D eigenvalue weighted by atomic mass is 79.9. The molecule has 24 heavy (non-hydrogen) atoms. The van der Waals surface area contributed by atoms with Crippen molar-refractivity contribution >= 4 is 48.5 Å². The fourth-order valence-corrected chi connectivity index (χ4v) is 3.92. The fraction of sp³-hybridized carbons (Fsp3) is 0.176. The van der Waals surface area contributed by atoms with E-state index in [0.717, 1.165) is 31.8 Å². The van der Waals surface area contributed by atoms with E-state index < -0.39 is 0 Å². The van der Waals surface area contributed by atoms with Crippen molar-refractivity contribution in [1.82, 2.24) is 4.98 Å². The van der Waals surface area contributed by atoms with Crippen molar-refractivity contribution in [2.75, 3.05) is 12.1 Å². The molecule has 0 atom stereocenters. The van der Waals surface area contributed by atoms with Crippen LogP contribution in [0.5, 0.6) is 11.5 Å². The molecule has 0 unspecified atom stereocenters. The highest BCUT2D eigenvalue weighted by Gasteiger charge is 2.14. The number of carbonyl (C=O) groups excluding carboxylic acids is 1. The minimum absolute atomic E-state index is 0.0502. The lowest BCUT2D eigenvalue weighted by Gasteiger charge is -2.03. The molecule has 5 nitrogen and oxygen atoms in total. The van der Waals surface area contributed by atoms with Crippen molar-refractivity contribution in [3.8, 4) is 11.5 Å². The van der Waals surface area contributed by atoms with Gasteiger partial charge in [0.1, 0.15) is 0 Å². The number of rotatable bonds is 4. The lowest BCUT2D eigenvalue weighted by Crippen LogP contribution is -2.12. The third-order valence-electron chi connectivity index (χ3n) is 3.67. The number of nitrogens with zero attached hydrogens (tertiary/aromatic N) is 1. The van der Waals surface area contributed by atoms with Crippen molar-refractivity contribution in [1.29, 1.82) is 0 Å². The number of aromatic nitrogens is 1. The van der Waals surface area contributed by atoms with E-state index in [2.05, 4.69) is 26.2 Å². The fourth-order valence-electron chi connectivity index (χ4n) is 2.49. The molecule has 122 valence electrons. The number of aryl methyl sites for hydroxylation is 1. The Bertz CT molecular complexity index is 925. The van der Waals surface area contributed by atoms with Gasteiger partial charge in [-0.3, -0.25) is 4.79 Å². The maximum absolute atomic E-state index is 12.2. The monoisotopic (exact) mass is 404 g/mol. The third-order valence-corrected chi connectivity index (χ3v) is 5.10. The zero-order valence-corrected chi connectivity index (χ0v) is 14.9. The van der Waals surface area contributed by atoms with Crippen LogP contribution < -0.4 is 14.8 Å². The third kappa shape index (κ3) is 3.22. The number of carbonyl (C=O) groups is 1. The minimum Gasteiger partial charge on any atom is -0.454 e. The molecule has 0 aliphatic carbocycles. The number of ether oxygens (including phenoxy) is 2. The molecule has 0 saturated heterocycles. The Morgan fingerprint density at radius 2 is 2.08 bits per heavy atom. The van der Waals surface area contributed by atoms with Crippen LogP contribution in [0.15, 0.2) is 40.9 Å². The van der Waals surface area contributed by atoms with Crippen molar-refractivity contribution in [2.24, 2.45) is 0 Å². The SMILES string of the molecule is O=C(CCc1ccc2c(c1)OCO2)Nc1nc2ccc(Br)cc2s1. The number of thiazole rings is 1. The molecule has 0 radical (unpaired) electrons. The van der Waals surface area contributed by atoms with Gasteiger partial charge in [-0.2, -0.15) is 0 Å². The van der Waals surface area contributed by atoms with Crippen LogP contribution >= 0.6 is 27.3 Å². The minimum atomic E-state index is -0.0502. The number of benzene rings is 2. The largest absolute Gasteiger partial charge is 0.454 e. The molecule has 0 fully saturated rings. The van der Waals surface area contributed by atoms with E-state index >= 15 is 0 Å². The highest BCUT2D eigenvalue weighted by molar-refractivity contribution is 9.10. The van der Waals surface area contributed by atoms with Crippen LogP contribution in [0, 0.1) is 0 Å². The summed E-state index contributed by atoms with van der Waals surface area (Å²) in [6.45, 7) is 0.257. The van der Waals surface area contributed by atoms with E-state index in [1.54, 1.807) is 0 Å². The van der Waals surface area contributed by atoms with Gasteiger partial charge in [-0.05, 0) is 42.3 Å². The second-order valence-corrected chi connectivity index (χ2v) is 7.31. The van der Waals surface area contributed by atoms with Crippen molar-refractivity contribution < 1.29 is 14.3 Å². The Labute approximate surface area is 150 Å². The smallest absolute Gasteiger partial charge is 0.231 e. The lowest BCUT2D eigenvalue weighted by atomic mass is 10.1. The molecule has 0 bridgehead atoms. The molecule has 2 heterocycles. The van der Waals surface area contributed by atoms with E-state index in [4.69, 9.17) is 9.47 Å². The van der Waals surface area contributed by atoms with E-state index in [0.29, 0.717) is 18.0 Å². The summed E-state index contributed by atoms with van der Waals surface area (Å²) < 4.78 is 12.7. The van der Waals surface area contributed by atoms with Crippen LogP contribution in [0.1, 0.15) is 12.0 Å². The highest BCUT2D eigenvalue weighted by Crippen LogP contribution is 2.33. The molecule has 1 amide bonds. The maximum Gasteiger partial charge on any atom is 0.231 e. The summed E-state index contributed by atoms with van der Waals surface area (Å²) in [7, 11) is 0. The molecule has 1 aliphatic heterocycles. The molecule has 7 heteroatoms. The molecule has 4 rings (SSSR count). The quantitative estimate of drug-likeness (QED) is 0.701. The summed E-state index contributed by atoms with van der Waals surface area (Å²) in [5.74, 6) is 1.44. The summed E-state index contributed by atoms with van der Waals surface area (Å²) in [5.41, 5.74) is 1.93. The van der Waals surface area contributed by atoms with Crippen LogP contribution in [0.25, 0.3) is 10.2 Å². The van der Waals surface area contributed by atoms with Gasteiger partial charge in [0.25, 0.3) is 0 Å². The van der Waals surface area contributed by atoms with Gasteiger partial charge in [0.15, 0.2) is 16.6 Å². The summed E-state index contributed by atoms with van der Waals surface area (Å²) in [5, 5.41) is 3.49. The Hall–Kier alpha value is -2.12. The van der Waals surface area contributed by atoms with Crippen LogP contribution in [0.2, 0.25) is 0 Å². The van der Waals surface area contributed by atoms with Crippen LogP contribution in [-0.2, 0) is 11.2 Å². The summed E-state index contributed by atoms with van der Waals surface area (Å²) in [6.07, 6.45) is 1.03. The van der Waals surface area contributed by atoms with E-state index in [1.807, 2.05) is 36.4 Å². The lowest BCUT2D eigenvalue weighted by molar-refractivity contribution is -0.116. The number of nitrogens with one attached hydrogen (secondary N) is 1. The average Bonchev–Trinajstić information content (AvgIpc) is 3.17. The van der Waals surface area contributed by atoms with E-state index in [1.165, 1.54) is 11.3 Å². The van der Waals surface area contributed by atoms with Crippen LogP contribution in [0.3, 0.4) is 0 Å². The molecular formula is C17H13BrN2O3S. The zero-order valence-electron chi connectivity index (χ0n) is 12.5. The number of hydrogen-bond acceptors (Lipinski definition) is 5. The Balaban J connectivity index is 1.39. The van der Waals surface area contributed by atoms with Gasteiger partial charge >= 0.3 is 0 Å². The van der Waals surface area contributed by atoms with Crippen molar-refractivity contribution in [3.05, 3.63) is 46.4 Å². The van der Waals surface area contributed by atoms with Crippen molar-refractivity contribution in [2.45, 2.75) is 12.8 Å². The topological polar surface area (TPSA) is 60.5 Å². The molecule has 2 aromatic carbocycles. The molecule has 0 saturated carbocycles. The number of anilines is 1. The van der Waals surface area contributed by atoms with Crippen LogP contribution in [-0.4, -0.2) is 17.7 Å². The second kappa shape index (κ2) is 6.41. The summed E-state index contributed by atoms with van der Waals surface area (Å²) in [4.78, 5) is 16.6.